The first-order valence-corrected chi connectivity index (χ1v) is 7.69. The first-order chi connectivity index (χ1) is 9.29. The average molecular weight is 281 g/mol. The third-order valence-corrected chi connectivity index (χ3v) is 4.07. The third kappa shape index (κ3) is 5.20. The molecule has 0 aliphatic heterocycles. The van der Waals surface area contributed by atoms with E-state index in [2.05, 4.69) is 32.7 Å². The van der Waals surface area contributed by atoms with Crippen molar-refractivity contribution in [3.63, 3.8) is 0 Å². The van der Waals surface area contributed by atoms with Crippen LogP contribution in [0.2, 0.25) is 0 Å². The van der Waals surface area contributed by atoms with Gasteiger partial charge in [0.05, 0.1) is 13.2 Å². The van der Waals surface area contributed by atoms with Crippen molar-refractivity contribution in [2.24, 2.45) is 10.9 Å². The van der Waals surface area contributed by atoms with Gasteiger partial charge in [-0.25, -0.2) is 0 Å². The molecule has 0 amide bonds. The van der Waals surface area contributed by atoms with Crippen LogP contribution in [0.1, 0.15) is 17.7 Å². The van der Waals surface area contributed by atoms with Gasteiger partial charge in [0.25, 0.3) is 0 Å². The number of aliphatic imine (C=N–C) groups is 1. The van der Waals surface area contributed by atoms with Crippen LogP contribution in [0.4, 0.5) is 0 Å². The molecule has 0 spiro atoms. The van der Waals surface area contributed by atoms with Gasteiger partial charge in [0, 0.05) is 32.1 Å². The van der Waals surface area contributed by atoms with Crippen LogP contribution >= 0.6 is 11.3 Å². The van der Waals surface area contributed by atoms with Gasteiger partial charge < -0.3 is 15.0 Å². The smallest absolute Gasteiger partial charge is 0.193 e. The number of nitrogens with one attached hydrogen (secondary N) is 1. The van der Waals surface area contributed by atoms with E-state index >= 15 is 0 Å². The second-order valence-corrected chi connectivity index (χ2v) is 5.95. The zero-order valence-electron chi connectivity index (χ0n) is 11.8. The molecule has 0 unspecified atom stereocenters. The highest BCUT2D eigenvalue weighted by Crippen LogP contribution is 2.28. The van der Waals surface area contributed by atoms with Gasteiger partial charge in [-0.15, -0.1) is 11.3 Å². The van der Waals surface area contributed by atoms with Crippen LogP contribution in [0.3, 0.4) is 0 Å². The molecular formula is C14H23N3OS. The van der Waals surface area contributed by atoms with E-state index in [-0.39, 0.29) is 0 Å². The van der Waals surface area contributed by atoms with Crippen molar-refractivity contribution in [2.45, 2.75) is 19.4 Å². The van der Waals surface area contributed by atoms with Gasteiger partial charge in [-0.3, -0.25) is 4.99 Å². The predicted octanol–water partition coefficient (Wildman–Crippen LogP) is 2.18. The van der Waals surface area contributed by atoms with Crippen molar-refractivity contribution in [3.8, 4) is 0 Å². The summed E-state index contributed by atoms with van der Waals surface area (Å²) in [6.45, 7) is 3.40. The lowest BCUT2D eigenvalue weighted by Gasteiger charge is -2.21. The summed E-state index contributed by atoms with van der Waals surface area (Å²) in [5, 5.41) is 5.46. The fraction of sp³-hybridized carbons (Fsp3) is 0.643. The molecule has 1 saturated carbocycles. The summed E-state index contributed by atoms with van der Waals surface area (Å²) >= 11 is 1.76. The summed E-state index contributed by atoms with van der Waals surface area (Å²) < 4.78 is 5.65. The SMILES string of the molecule is CN=C(NCc1cccs1)N(C)CCOCC1CC1. The lowest BCUT2D eigenvalue weighted by Crippen LogP contribution is -2.40. The summed E-state index contributed by atoms with van der Waals surface area (Å²) in [6, 6.07) is 4.20. The Morgan fingerprint density at radius 2 is 2.42 bits per heavy atom. The van der Waals surface area contributed by atoms with Crippen LogP contribution in [0.15, 0.2) is 22.5 Å². The van der Waals surface area contributed by atoms with Gasteiger partial charge in [-0.1, -0.05) is 6.07 Å². The molecule has 0 atom stereocenters. The molecule has 106 valence electrons. The topological polar surface area (TPSA) is 36.9 Å². The molecule has 1 aromatic heterocycles. The van der Waals surface area contributed by atoms with E-state index in [9.17, 15) is 0 Å². The molecule has 1 heterocycles. The second kappa shape index (κ2) is 7.50. The molecule has 0 saturated heterocycles. The monoisotopic (exact) mass is 281 g/mol. The Bertz CT molecular complexity index is 387. The molecule has 0 radical (unpaired) electrons. The minimum absolute atomic E-state index is 0.771. The van der Waals surface area contributed by atoms with Crippen molar-refractivity contribution in [1.29, 1.82) is 0 Å². The Morgan fingerprint density at radius 1 is 1.58 bits per heavy atom. The second-order valence-electron chi connectivity index (χ2n) is 4.92. The molecule has 1 aliphatic rings. The molecule has 0 bridgehead atoms. The number of rotatable bonds is 7. The van der Waals surface area contributed by atoms with Gasteiger partial charge in [-0.05, 0) is 30.2 Å². The number of ether oxygens (including phenoxy) is 1. The summed E-state index contributed by atoms with van der Waals surface area (Å²) in [4.78, 5) is 7.72. The molecule has 19 heavy (non-hydrogen) atoms. The van der Waals surface area contributed by atoms with Crippen molar-refractivity contribution < 1.29 is 4.74 Å². The van der Waals surface area contributed by atoms with E-state index in [1.165, 1.54) is 17.7 Å². The van der Waals surface area contributed by atoms with Crippen molar-refractivity contribution in [1.82, 2.24) is 10.2 Å². The number of thiophene rings is 1. The number of guanidine groups is 1. The van der Waals surface area contributed by atoms with Crippen LogP contribution < -0.4 is 5.32 Å². The van der Waals surface area contributed by atoms with Gasteiger partial charge in [0.1, 0.15) is 0 Å². The van der Waals surface area contributed by atoms with Crippen LogP contribution in [0.25, 0.3) is 0 Å². The lowest BCUT2D eigenvalue weighted by atomic mass is 10.4. The molecule has 1 fully saturated rings. The van der Waals surface area contributed by atoms with Crippen molar-refractivity contribution in [3.05, 3.63) is 22.4 Å². The van der Waals surface area contributed by atoms with E-state index in [0.717, 1.165) is 38.2 Å². The molecule has 4 nitrogen and oxygen atoms in total. The Hall–Kier alpha value is -1.07. The molecule has 2 rings (SSSR count). The minimum Gasteiger partial charge on any atom is -0.379 e. The maximum absolute atomic E-state index is 5.65. The maximum atomic E-state index is 5.65. The Balaban J connectivity index is 1.64. The zero-order valence-corrected chi connectivity index (χ0v) is 12.6. The van der Waals surface area contributed by atoms with Crippen LogP contribution in [-0.2, 0) is 11.3 Å². The van der Waals surface area contributed by atoms with Gasteiger partial charge in [0.15, 0.2) is 5.96 Å². The molecular weight excluding hydrogens is 258 g/mol. The normalized spacial score (nSPS) is 15.6. The summed E-state index contributed by atoms with van der Waals surface area (Å²) in [7, 11) is 3.86. The average Bonchev–Trinajstić information content (AvgIpc) is 3.10. The van der Waals surface area contributed by atoms with Crippen molar-refractivity contribution in [2.75, 3.05) is 33.9 Å². The highest BCUT2D eigenvalue weighted by atomic mass is 32.1. The van der Waals surface area contributed by atoms with E-state index in [1.54, 1.807) is 11.3 Å². The fourth-order valence-electron chi connectivity index (χ4n) is 1.81. The molecule has 0 aromatic carbocycles. The molecule has 1 N–H and O–H groups in total. The Kier molecular flexibility index (Phi) is 5.66. The van der Waals surface area contributed by atoms with E-state index < -0.39 is 0 Å². The number of hydrogen-bond donors (Lipinski definition) is 1. The maximum Gasteiger partial charge on any atom is 0.193 e. The predicted molar refractivity (Wildman–Crippen MR) is 80.7 cm³/mol. The molecule has 1 aromatic rings. The van der Waals surface area contributed by atoms with Crippen LogP contribution in [0.5, 0.6) is 0 Å². The zero-order chi connectivity index (χ0) is 13.5. The van der Waals surface area contributed by atoms with Gasteiger partial charge in [0.2, 0.25) is 0 Å². The fourth-order valence-corrected chi connectivity index (χ4v) is 2.45. The van der Waals surface area contributed by atoms with E-state index in [0.29, 0.717) is 0 Å². The molecule has 5 heteroatoms. The highest BCUT2D eigenvalue weighted by molar-refractivity contribution is 7.09. The van der Waals surface area contributed by atoms with Crippen LogP contribution in [-0.4, -0.2) is 44.7 Å². The van der Waals surface area contributed by atoms with E-state index in [4.69, 9.17) is 4.74 Å². The highest BCUT2D eigenvalue weighted by Gasteiger charge is 2.21. The third-order valence-electron chi connectivity index (χ3n) is 3.20. The largest absolute Gasteiger partial charge is 0.379 e. The first kappa shape index (κ1) is 14.3. The van der Waals surface area contributed by atoms with Gasteiger partial charge >= 0.3 is 0 Å². The Morgan fingerprint density at radius 3 is 3.05 bits per heavy atom. The summed E-state index contributed by atoms with van der Waals surface area (Å²) in [5.41, 5.74) is 0. The lowest BCUT2D eigenvalue weighted by molar-refractivity contribution is 0.115. The van der Waals surface area contributed by atoms with Crippen LogP contribution in [0, 0.1) is 5.92 Å². The summed E-state index contributed by atoms with van der Waals surface area (Å²) in [6.07, 6.45) is 2.69. The number of hydrogen-bond acceptors (Lipinski definition) is 3. The Labute approximate surface area is 119 Å². The quantitative estimate of drug-likeness (QED) is 0.473. The standard InChI is InChI=1S/C14H23N3OS/c1-15-14(16-10-13-4-3-9-19-13)17(2)7-8-18-11-12-5-6-12/h3-4,9,12H,5-8,10-11H2,1-2H3,(H,15,16). The number of likely N-dealkylation sites (N-methyl/N-ethyl adjacent to an activating group) is 1. The van der Waals surface area contributed by atoms with Crippen molar-refractivity contribution >= 4 is 17.3 Å². The van der Waals surface area contributed by atoms with Gasteiger partial charge in [-0.2, -0.15) is 0 Å². The molecule has 1 aliphatic carbocycles. The number of nitrogens with zero attached hydrogens (tertiary/aromatic N) is 2. The summed E-state index contributed by atoms with van der Waals surface area (Å²) in [5.74, 6) is 1.75. The first-order valence-electron chi connectivity index (χ1n) is 6.81. The van der Waals surface area contributed by atoms with E-state index in [1.807, 2.05) is 14.1 Å². The minimum atomic E-state index is 0.771.